The van der Waals surface area contributed by atoms with Gasteiger partial charge in [0.1, 0.15) is 6.10 Å². The minimum atomic E-state index is -0.422. The first kappa shape index (κ1) is 21.5. The predicted octanol–water partition coefficient (Wildman–Crippen LogP) is 1.72. The Hall–Kier alpha value is -2.19. The second kappa shape index (κ2) is 10.0. The van der Waals surface area contributed by atoms with E-state index < -0.39 is 12.2 Å². The zero-order chi connectivity index (χ0) is 20.8. The molecule has 2 N–H and O–H groups in total. The molecule has 2 aliphatic rings. The zero-order valence-corrected chi connectivity index (χ0v) is 17.6. The first-order valence-electron chi connectivity index (χ1n) is 10.4. The normalized spacial score (nSPS) is 20.0. The first-order chi connectivity index (χ1) is 14.0. The maximum Gasteiger partial charge on any atom is 0.406 e. The summed E-state index contributed by atoms with van der Waals surface area (Å²) in [6, 6.07) is 4.40. The lowest BCUT2D eigenvalue weighted by Crippen LogP contribution is -2.50. The monoisotopic (exact) mass is 404 g/mol. The summed E-state index contributed by atoms with van der Waals surface area (Å²) in [7, 11) is 1.35. The maximum absolute atomic E-state index is 13.2. The van der Waals surface area contributed by atoms with E-state index in [2.05, 4.69) is 39.4 Å². The summed E-state index contributed by atoms with van der Waals surface area (Å²) in [6.45, 7) is 6.53. The molecule has 1 aromatic rings. The fourth-order valence-electron chi connectivity index (χ4n) is 3.76. The number of nitrogens with zero attached hydrogens (tertiary/aromatic N) is 2. The third-order valence-corrected chi connectivity index (χ3v) is 5.39. The molecule has 0 aromatic carbocycles. The van der Waals surface area contributed by atoms with Gasteiger partial charge in [-0.15, -0.1) is 0 Å². The van der Waals surface area contributed by atoms with Crippen LogP contribution in [0.5, 0.6) is 0 Å². The third-order valence-electron chi connectivity index (χ3n) is 5.39. The molecule has 2 amide bonds. The predicted molar refractivity (Wildman–Crippen MR) is 109 cm³/mol. The Kier molecular flexibility index (Phi) is 7.44. The van der Waals surface area contributed by atoms with Crippen molar-refractivity contribution in [3.8, 4) is 0 Å². The highest BCUT2D eigenvalue weighted by molar-refractivity contribution is 5.82. The van der Waals surface area contributed by atoms with E-state index in [1.807, 2.05) is 11.8 Å². The Balaban J connectivity index is 1.67. The lowest BCUT2D eigenvalue weighted by atomic mass is 10.0. The highest BCUT2D eigenvalue weighted by Gasteiger charge is 2.40. The van der Waals surface area contributed by atoms with E-state index in [4.69, 9.17) is 4.74 Å². The Bertz CT molecular complexity index is 717. The molecule has 29 heavy (non-hydrogen) atoms. The Labute approximate surface area is 172 Å². The van der Waals surface area contributed by atoms with Gasteiger partial charge in [0.05, 0.1) is 19.8 Å². The van der Waals surface area contributed by atoms with Gasteiger partial charge in [0, 0.05) is 37.1 Å². The lowest BCUT2D eigenvalue weighted by molar-refractivity contribution is -0.148. The maximum atomic E-state index is 13.2. The second-order valence-corrected chi connectivity index (χ2v) is 7.77. The van der Waals surface area contributed by atoms with E-state index in [9.17, 15) is 9.59 Å². The van der Waals surface area contributed by atoms with Crippen molar-refractivity contribution in [3.05, 3.63) is 29.1 Å². The van der Waals surface area contributed by atoms with Crippen LogP contribution in [0.4, 0.5) is 4.79 Å². The Morgan fingerprint density at radius 2 is 2.21 bits per heavy atom. The van der Waals surface area contributed by atoms with Crippen LogP contribution < -0.4 is 10.6 Å². The van der Waals surface area contributed by atoms with Gasteiger partial charge >= 0.3 is 6.09 Å². The molecule has 1 aromatic heterocycles. The van der Waals surface area contributed by atoms with Crippen LogP contribution >= 0.6 is 0 Å². The summed E-state index contributed by atoms with van der Waals surface area (Å²) < 4.78 is 10.3. The molecule has 0 radical (unpaired) electrons. The van der Waals surface area contributed by atoms with E-state index in [0.717, 1.165) is 49.2 Å². The number of rotatable bonds is 8. The molecule has 1 saturated heterocycles. The summed E-state index contributed by atoms with van der Waals surface area (Å²) in [5.74, 6) is 0.0745. The second-order valence-electron chi connectivity index (χ2n) is 7.77. The minimum absolute atomic E-state index is 0.0332. The Morgan fingerprint density at radius 3 is 2.86 bits per heavy atom. The summed E-state index contributed by atoms with van der Waals surface area (Å²) in [4.78, 5) is 31.0. The topological polar surface area (TPSA) is 92.8 Å². The van der Waals surface area contributed by atoms with Crippen molar-refractivity contribution in [1.82, 2.24) is 20.5 Å². The van der Waals surface area contributed by atoms with Gasteiger partial charge in [-0.05, 0) is 57.2 Å². The van der Waals surface area contributed by atoms with Crippen LogP contribution in [0.25, 0.3) is 0 Å². The Morgan fingerprint density at radius 1 is 1.41 bits per heavy atom. The molecule has 1 saturated carbocycles. The molecular formula is C21H32N4O4. The third kappa shape index (κ3) is 5.90. The summed E-state index contributed by atoms with van der Waals surface area (Å²) in [5.41, 5.74) is 3.00. The highest BCUT2D eigenvalue weighted by Crippen LogP contribution is 2.35. The van der Waals surface area contributed by atoms with Crippen LogP contribution in [0, 0.1) is 6.92 Å². The largest absolute Gasteiger partial charge is 0.453 e. The number of hydrogen-bond donors (Lipinski definition) is 2. The van der Waals surface area contributed by atoms with Crippen LogP contribution in [0.15, 0.2) is 12.1 Å². The molecule has 8 heteroatoms. The molecule has 0 bridgehead atoms. The quantitative estimate of drug-likeness (QED) is 0.641. The van der Waals surface area contributed by atoms with Gasteiger partial charge in [-0.3, -0.25) is 9.78 Å². The van der Waals surface area contributed by atoms with Crippen molar-refractivity contribution in [2.45, 2.75) is 57.7 Å². The fourth-order valence-corrected chi connectivity index (χ4v) is 3.76. The van der Waals surface area contributed by atoms with Crippen LogP contribution in [-0.2, 0) is 20.7 Å². The van der Waals surface area contributed by atoms with Crippen LogP contribution in [0.3, 0.4) is 0 Å². The van der Waals surface area contributed by atoms with Crippen LogP contribution in [0.2, 0.25) is 0 Å². The van der Waals surface area contributed by atoms with Crippen molar-refractivity contribution < 1.29 is 19.1 Å². The van der Waals surface area contributed by atoms with Crippen molar-refractivity contribution in [1.29, 1.82) is 0 Å². The molecular weight excluding hydrogens is 372 g/mol. The highest BCUT2D eigenvalue weighted by atomic mass is 16.5. The number of nitrogens with one attached hydrogen (secondary N) is 2. The van der Waals surface area contributed by atoms with E-state index in [-0.39, 0.29) is 11.9 Å². The smallest absolute Gasteiger partial charge is 0.406 e. The number of ether oxygens (including phenoxy) is 2. The van der Waals surface area contributed by atoms with Gasteiger partial charge in [0.2, 0.25) is 0 Å². The number of carbonyl (C=O) groups excluding carboxylic acids is 2. The van der Waals surface area contributed by atoms with Crippen molar-refractivity contribution in [2.24, 2.45) is 0 Å². The van der Waals surface area contributed by atoms with Gasteiger partial charge in [-0.2, -0.15) is 0 Å². The minimum Gasteiger partial charge on any atom is -0.453 e. The number of amides is 2. The van der Waals surface area contributed by atoms with E-state index in [1.54, 1.807) is 0 Å². The van der Waals surface area contributed by atoms with Gasteiger partial charge in [-0.25, -0.2) is 4.79 Å². The summed E-state index contributed by atoms with van der Waals surface area (Å²) >= 11 is 0. The number of morpholine rings is 1. The average Bonchev–Trinajstić information content (AvgIpc) is 3.56. The van der Waals surface area contributed by atoms with Gasteiger partial charge in [-0.1, -0.05) is 0 Å². The number of aryl methyl sites for hydroxylation is 2. The summed E-state index contributed by atoms with van der Waals surface area (Å²) in [6.07, 6.45) is 2.79. The first-order valence-corrected chi connectivity index (χ1v) is 10.4. The van der Waals surface area contributed by atoms with Crippen LogP contribution in [-0.4, -0.2) is 67.4 Å². The molecule has 160 valence electrons. The molecule has 1 aliphatic carbocycles. The molecule has 1 aliphatic heterocycles. The number of carbonyl (C=O) groups is 2. The number of methoxy groups -OCH3 is 1. The number of alkyl carbamates (subject to hydrolysis) is 1. The molecule has 8 nitrogen and oxygen atoms in total. The molecule has 0 spiro atoms. The SMILES string of the molecule is COC(=O)NCCCc1cc([C@@H](C)N(C(=O)[C@H]2CNCCO2)C2CC2)cc(C)n1. The van der Waals surface area contributed by atoms with E-state index >= 15 is 0 Å². The van der Waals surface area contributed by atoms with E-state index in [0.29, 0.717) is 25.7 Å². The fraction of sp³-hybridized carbons (Fsp3) is 0.667. The number of hydrogen-bond acceptors (Lipinski definition) is 6. The molecule has 2 fully saturated rings. The summed E-state index contributed by atoms with van der Waals surface area (Å²) in [5, 5.41) is 5.93. The van der Waals surface area contributed by atoms with Crippen molar-refractivity contribution in [2.75, 3.05) is 33.4 Å². The molecule has 2 atom stereocenters. The van der Waals surface area contributed by atoms with Crippen LogP contribution in [0.1, 0.15) is 49.2 Å². The number of aromatic nitrogens is 1. The van der Waals surface area contributed by atoms with Gasteiger partial charge < -0.3 is 25.0 Å². The van der Waals surface area contributed by atoms with Crippen molar-refractivity contribution in [3.63, 3.8) is 0 Å². The average molecular weight is 405 g/mol. The molecule has 2 heterocycles. The number of pyridine rings is 1. The van der Waals surface area contributed by atoms with Crippen molar-refractivity contribution >= 4 is 12.0 Å². The standard InChI is InChI=1S/C21H32N4O4/c1-14-11-16(12-17(24-14)5-4-8-23-21(27)28-3)15(2)25(18-6-7-18)20(26)19-13-22-9-10-29-19/h11-12,15,18-19,22H,4-10,13H2,1-3H3,(H,23,27)/t15-,19-/m1/s1. The lowest BCUT2D eigenvalue weighted by Gasteiger charge is -2.34. The molecule has 3 rings (SSSR count). The molecule has 0 unspecified atom stereocenters. The van der Waals surface area contributed by atoms with Gasteiger partial charge in [0.15, 0.2) is 0 Å². The van der Waals surface area contributed by atoms with E-state index in [1.165, 1.54) is 7.11 Å². The van der Waals surface area contributed by atoms with Gasteiger partial charge in [0.25, 0.3) is 5.91 Å². The zero-order valence-electron chi connectivity index (χ0n) is 17.6.